The molecule has 2 N–H and O–H groups in total. The van der Waals surface area contributed by atoms with Crippen LogP contribution in [0, 0.1) is 5.92 Å². The first-order chi connectivity index (χ1) is 11.0. The molecule has 130 valence electrons. The standard InChI is InChI=1S/C19H34N4/c1-6-20-19(21-12-8-9-16(2)3)22-14-17-10-7-11-18(13-17)15-23(4)5/h7,10-11,13,16H,6,8-9,12,14-15H2,1-5H3,(H2,20,21,22). The summed E-state index contributed by atoms with van der Waals surface area (Å²) in [6.45, 7) is 10.2. The monoisotopic (exact) mass is 318 g/mol. The molecule has 0 aliphatic heterocycles. The minimum absolute atomic E-state index is 0.709. The predicted molar refractivity (Wildman–Crippen MR) is 101 cm³/mol. The van der Waals surface area contributed by atoms with Gasteiger partial charge in [0, 0.05) is 19.6 Å². The Labute approximate surface area is 142 Å². The molecule has 0 saturated carbocycles. The van der Waals surface area contributed by atoms with Crippen LogP contribution in [0.25, 0.3) is 0 Å². The third-order valence-electron chi connectivity index (χ3n) is 3.50. The van der Waals surface area contributed by atoms with Gasteiger partial charge in [0.25, 0.3) is 0 Å². The van der Waals surface area contributed by atoms with Crippen LogP contribution < -0.4 is 10.6 Å². The average Bonchev–Trinajstić information content (AvgIpc) is 2.48. The highest BCUT2D eigenvalue weighted by Crippen LogP contribution is 2.08. The van der Waals surface area contributed by atoms with Crippen molar-refractivity contribution in [1.29, 1.82) is 0 Å². The number of guanidine groups is 1. The number of aliphatic imine (C=N–C) groups is 1. The fraction of sp³-hybridized carbons (Fsp3) is 0.632. The van der Waals surface area contributed by atoms with Gasteiger partial charge in [-0.2, -0.15) is 0 Å². The van der Waals surface area contributed by atoms with Gasteiger partial charge in [0.05, 0.1) is 6.54 Å². The molecule has 0 unspecified atom stereocenters. The summed E-state index contributed by atoms with van der Waals surface area (Å²) in [5.41, 5.74) is 2.58. The number of rotatable bonds is 9. The quantitative estimate of drug-likeness (QED) is 0.417. The summed E-state index contributed by atoms with van der Waals surface area (Å²) in [6, 6.07) is 8.67. The van der Waals surface area contributed by atoms with Gasteiger partial charge >= 0.3 is 0 Å². The number of hydrogen-bond acceptors (Lipinski definition) is 2. The third-order valence-corrected chi connectivity index (χ3v) is 3.50. The molecule has 0 heterocycles. The van der Waals surface area contributed by atoms with Crippen LogP contribution in [-0.4, -0.2) is 38.0 Å². The summed E-state index contributed by atoms with van der Waals surface area (Å²) < 4.78 is 0. The van der Waals surface area contributed by atoms with Gasteiger partial charge in [0.1, 0.15) is 0 Å². The van der Waals surface area contributed by atoms with Crippen LogP contribution in [0.2, 0.25) is 0 Å². The topological polar surface area (TPSA) is 39.7 Å². The lowest BCUT2D eigenvalue weighted by molar-refractivity contribution is 0.402. The first-order valence-electron chi connectivity index (χ1n) is 8.76. The van der Waals surface area contributed by atoms with Gasteiger partial charge in [0.2, 0.25) is 0 Å². The summed E-state index contributed by atoms with van der Waals surface area (Å²) in [7, 11) is 4.18. The molecule has 4 nitrogen and oxygen atoms in total. The molecule has 0 spiro atoms. The second-order valence-corrected chi connectivity index (χ2v) is 6.72. The molecule has 4 heteroatoms. The molecule has 0 aliphatic rings. The lowest BCUT2D eigenvalue weighted by atomic mass is 10.1. The molecule has 1 aromatic carbocycles. The number of hydrogen-bond donors (Lipinski definition) is 2. The summed E-state index contributed by atoms with van der Waals surface area (Å²) in [6.07, 6.45) is 2.43. The Hall–Kier alpha value is -1.55. The van der Waals surface area contributed by atoms with Crippen LogP contribution in [0.1, 0.15) is 44.7 Å². The van der Waals surface area contributed by atoms with E-state index in [0.717, 1.165) is 31.5 Å². The molecular weight excluding hydrogens is 284 g/mol. The highest BCUT2D eigenvalue weighted by molar-refractivity contribution is 5.79. The molecule has 0 atom stereocenters. The van der Waals surface area contributed by atoms with Gasteiger partial charge in [0.15, 0.2) is 5.96 Å². The Morgan fingerprint density at radius 2 is 1.91 bits per heavy atom. The Kier molecular flexibility index (Phi) is 9.37. The molecule has 0 bridgehead atoms. The summed E-state index contributed by atoms with van der Waals surface area (Å²) in [5, 5.41) is 6.74. The Morgan fingerprint density at radius 1 is 1.17 bits per heavy atom. The first-order valence-corrected chi connectivity index (χ1v) is 8.76. The van der Waals surface area contributed by atoms with Crippen LogP contribution >= 0.6 is 0 Å². The largest absolute Gasteiger partial charge is 0.357 e. The highest BCUT2D eigenvalue weighted by Gasteiger charge is 2.00. The van der Waals surface area contributed by atoms with Crippen molar-refractivity contribution in [3.05, 3.63) is 35.4 Å². The lowest BCUT2D eigenvalue weighted by Gasteiger charge is -2.13. The second kappa shape index (κ2) is 11.1. The maximum absolute atomic E-state index is 4.70. The maximum atomic E-state index is 4.70. The molecule has 0 aliphatic carbocycles. The molecule has 0 aromatic heterocycles. The van der Waals surface area contributed by atoms with Crippen molar-refractivity contribution in [2.24, 2.45) is 10.9 Å². The summed E-state index contributed by atoms with van der Waals surface area (Å²) in [5.74, 6) is 1.67. The predicted octanol–water partition coefficient (Wildman–Crippen LogP) is 3.24. The molecule has 1 rings (SSSR count). The number of benzene rings is 1. The summed E-state index contributed by atoms with van der Waals surface area (Å²) >= 11 is 0. The Morgan fingerprint density at radius 3 is 2.57 bits per heavy atom. The van der Waals surface area contributed by atoms with Gasteiger partial charge in [-0.05, 0) is 50.9 Å². The van der Waals surface area contributed by atoms with Crippen LogP contribution in [0.5, 0.6) is 0 Å². The minimum Gasteiger partial charge on any atom is -0.357 e. The van der Waals surface area contributed by atoms with E-state index in [9.17, 15) is 0 Å². The van der Waals surface area contributed by atoms with E-state index in [1.54, 1.807) is 0 Å². The van der Waals surface area contributed by atoms with Crippen molar-refractivity contribution in [3.8, 4) is 0 Å². The van der Waals surface area contributed by atoms with Crippen LogP contribution in [0.3, 0.4) is 0 Å². The van der Waals surface area contributed by atoms with Crippen molar-refractivity contribution in [1.82, 2.24) is 15.5 Å². The van der Waals surface area contributed by atoms with Crippen LogP contribution in [-0.2, 0) is 13.1 Å². The lowest BCUT2D eigenvalue weighted by Crippen LogP contribution is -2.37. The van der Waals surface area contributed by atoms with Crippen molar-refractivity contribution >= 4 is 5.96 Å². The normalized spacial score (nSPS) is 12.0. The van der Waals surface area contributed by atoms with E-state index < -0.39 is 0 Å². The van der Waals surface area contributed by atoms with Crippen LogP contribution in [0.15, 0.2) is 29.3 Å². The summed E-state index contributed by atoms with van der Waals surface area (Å²) in [4.78, 5) is 6.88. The van der Waals surface area contributed by atoms with E-state index in [1.165, 1.54) is 24.0 Å². The van der Waals surface area contributed by atoms with Gasteiger partial charge in [-0.3, -0.25) is 0 Å². The molecule has 0 amide bonds. The number of nitrogens with zero attached hydrogens (tertiary/aromatic N) is 2. The van der Waals surface area contributed by atoms with E-state index in [-0.39, 0.29) is 0 Å². The maximum Gasteiger partial charge on any atom is 0.191 e. The van der Waals surface area contributed by atoms with Crippen molar-refractivity contribution in [2.75, 3.05) is 27.2 Å². The molecule has 0 saturated heterocycles. The zero-order chi connectivity index (χ0) is 17.1. The Bertz CT molecular complexity index is 466. The SMILES string of the molecule is CCNC(=NCc1cccc(CN(C)C)c1)NCCCC(C)C. The van der Waals surface area contributed by atoms with Gasteiger partial charge < -0.3 is 15.5 Å². The van der Waals surface area contributed by atoms with E-state index in [1.807, 2.05) is 0 Å². The highest BCUT2D eigenvalue weighted by atomic mass is 15.2. The zero-order valence-corrected chi connectivity index (χ0v) is 15.5. The zero-order valence-electron chi connectivity index (χ0n) is 15.5. The van der Waals surface area contributed by atoms with Gasteiger partial charge in [-0.15, -0.1) is 0 Å². The fourth-order valence-electron chi connectivity index (χ4n) is 2.42. The fourth-order valence-corrected chi connectivity index (χ4v) is 2.42. The van der Waals surface area contributed by atoms with Crippen molar-refractivity contribution in [2.45, 2.75) is 46.7 Å². The van der Waals surface area contributed by atoms with E-state index >= 15 is 0 Å². The van der Waals surface area contributed by atoms with E-state index in [0.29, 0.717) is 6.54 Å². The average molecular weight is 319 g/mol. The smallest absolute Gasteiger partial charge is 0.191 e. The van der Waals surface area contributed by atoms with E-state index in [2.05, 4.69) is 74.7 Å². The first kappa shape index (κ1) is 19.5. The van der Waals surface area contributed by atoms with Crippen LogP contribution in [0.4, 0.5) is 0 Å². The van der Waals surface area contributed by atoms with Gasteiger partial charge in [-0.1, -0.05) is 38.1 Å². The van der Waals surface area contributed by atoms with E-state index in [4.69, 9.17) is 4.99 Å². The molecular formula is C19H34N4. The molecule has 1 aromatic rings. The second-order valence-electron chi connectivity index (χ2n) is 6.72. The molecule has 0 radical (unpaired) electrons. The van der Waals surface area contributed by atoms with Crippen molar-refractivity contribution < 1.29 is 0 Å². The van der Waals surface area contributed by atoms with Gasteiger partial charge in [-0.25, -0.2) is 4.99 Å². The minimum atomic E-state index is 0.709. The third kappa shape index (κ3) is 9.24. The molecule has 23 heavy (non-hydrogen) atoms. The number of nitrogens with one attached hydrogen (secondary N) is 2. The van der Waals surface area contributed by atoms with Crippen molar-refractivity contribution in [3.63, 3.8) is 0 Å². The molecule has 0 fully saturated rings. The Balaban J connectivity index is 2.55.